The van der Waals surface area contributed by atoms with Crippen molar-refractivity contribution in [2.24, 2.45) is 5.73 Å². The van der Waals surface area contributed by atoms with Crippen LogP contribution >= 0.6 is 0 Å². The fourth-order valence-corrected chi connectivity index (χ4v) is 3.31. The molecular formula is C16H33N3O. The van der Waals surface area contributed by atoms with Gasteiger partial charge in [0, 0.05) is 18.1 Å². The maximum Gasteiger partial charge on any atom is 0.234 e. The molecule has 1 aliphatic rings. The normalized spacial score (nSPS) is 18.1. The lowest BCUT2D eigenvalue weighted by molar-refractivity contribution is -0.124. The van der Waals surface area contributed by atoms with Crippen molar-refractivity contribution < 1.29 is 4.79 Å². The van der Waals surface area contributed by atoms with Crippen LogP contribution in [-0.4, -0.2) is 42.5 Å². The van der Waals surface area contributed by atoms with Gasteiger partial charge in [-0.25, -0.2) is 0 Å². The summed E-state index contributed by atoms with van der Waals surface area (Å²) in [6, 6.07) is 0.383. The van der Waals surface area contributed by atoms with Crippen molar-refractivity contribution >= 4 is 5.91 Å². The molecule has 1 saturated carbocycles. The first kappa shape index (κ1) is 17.4. The van der Waals surface area contributed by atoms with E-state index >= 15 is 0 Å². The van der Waals surface area contributed by atoms with E-state index in [1.165, 1.54) is 25.7 Å². The Morgan fingerprint density at radius 3 is 2.20 bits per heavy atom. The van der Waals surface area contributed by atoms with Gasteiger partial charge in [-0.15, -0.1) is 0 Å². The van der Waals surface area contributed by atoms with E-state index in [4.69, 9.17) is 5.73 Å². The number of nitrogens with two attached hydrogens (primary N) is 1. The van der Waals surface area contributed by atoms with E-state index < -0.39 is 0 Å². The summed E-state index contributed by atoms with van der Waals surface area (Å²) in [4.78, 5) is 14.4. The highest BCUT2D eigenvalue weighted by molar-refractivity contribution is 5.78. The summed E-state index contributed by atoms with van der Waals surface area (Å²) in [5.74, 6) is 0.152. The van der Waals surface area contributed by atoms with E-state index in [2.05, 4.69) is 24.1 Å². The van der Waals surface area contributed by atoms with Crippen molar-refractivity contribution in [2.45, 2.75) is 76.8 Å². The molecule has 0 bridgehead atoms. The standard InChI is InChI=1S/C16H33N3O/c1-4-16(5-2,13-17)19(3)12-15(20)18-14-10-8-6-7-9-11-14/h14H,4-13,17H2,1-3H3,(H,18,20). The van der Waals surface area contributed by atoms with Crippen molar-refractivity contribution in [1.29, 1.82) is 0 Å². The highest BCUT2D eigenvalue weighted by Crippen LogP contribution is 2.21. The maximum atomic E-state index is 12.2. The molecule has 0 aromatic rings. The number of nitrogens with one attached hydrogen (secondary N) is 1. The quantitative estimate of drug-likeness (QED) is 0.705. The molecule has 1 rings (SSSR count). The molecule has 4 nitrogen and oxygen atoms in total. The second-order valence-corrected chi connectivity index (χ2v) is 6.25. The van der Waals surface area contributed by atoms with E-state index in [9.17, 15) is 4.79 Å². The Balaban J connectivity index is 2.47. The highest BCUT2D eigenvalue weighted by Gasteiger charge is 2.30. The number of amides is 1. The van der Waals surface area contributed by atoms with E-state index in [1.54, 1.807) is 0 Å². The Labute approximate surface area is 124 Å². The fraction of sp³-hybridized carbons (Fsp3) is 0.938. The summed E-state index contributed by atoms with van der Waals surface area (Å²) in [6.45, 7) is 5.36. The molecule has 0 radical (unpaired) electrons. The molecule has 0 heterocycles. The molecule has 4 heteroatoms. The molecule has 20 heavy (non-hydrogen) atoms. The molecule has 0 unspecified atom stereocenters. The molecule has 118 valence electrons. The first-order valence-corrected chi connectivity index (χ1v) is 8.28. The molecule has 3 N–H and O–H groups in total. The van der Waals surface area contributed by atoms with Gasteiger partial charge in [-0.2, -0.15) is 0 Å². The second-order valence-electron chi connectivity index (χ2n) is 6.25. The van der Waals surface area contributed by atoms with Gasteiger partial charge < -0.3 is 11.1 Å². The zero-order valence-corrected chi connectivity index (χ0v) is 13.6. The molecular weight excluding hydrogens is 250 g/mol. The zero-order valence-electron chi connectivity index (χ0n) is 13.6. The van der Waals surface area contributed by atoms with Crippen molar-refractivity contribution in [3.63, 3.8) is 0 Å². The summed E-state index contributed by atoms with van der Waals surface area (Å²) < 4.78 is 0. The summed E-state index contributed by atoms with van der Waals surface area (Å²) in [5.41, 5.74) is 5.90. The number of nitrogens with zero attached hydrogens (tertiary/aromatic N) is 1. The fourth-order valence-electron chi connectivity index (χ4n) is 3.31. The summed E-state index contributed by atoms with van der Waals surface area (Å²) in [6.07, 6.45) is 9.36. The SMILES string of the molecule is CCC(CC)(CN)N(C)CC(=O)NC1CCCCCC1. The van der Waals surface area contributed by atoms with Crippen molar-refractivity contribution in [1.82, 2.24) is 10.2 Å². The van der Waals surface area contributed by atoms with Crippen molar-refractivity contribution in [3.8, 4) is 0 Å². The van der Waals surface area contributed by atoms with Gasteiger partial charge in [0.1, 0.15) is 0 Å². The Bertz CT molecular complexity index is 273. The van der Waals surface area contributed by atoms with Crippen LogP contribution in [0.3, 0.4) is 0 Å². The van der Waals surface area contributed by atoms with Crippen LogP contribution in [0, 0.1) is 0 Å². The monoisotopic (exact) mass is 283 g/mol. The van der Waals surface area contributed by atoms with Gasteiger partial charge in [0.05, 0.1) is 6.54 Å². The third-order valence-electron chi connectivity index (χ3n) is 5.11. The van der Waals surface area contributed by atoms with Gasteiger partial charge in [-0.1, -0.05) is 39.5 Å². The minimum atomic E-state index is -0.0409. The Morgan fingerprint density at radius 2 is 1.75 bits per heavy atom. The molecule has 1 amide bonds. The third-order valence-corrected chi connectivity index (χ3v) is 5.11. The van der Waals surface area contributed by atoms with Gasteiger partial charge in [0.25, 0.3) is 0 Å². The van der Waals surface area contributed by atoms with Crippen LogP contribution < -0.4 is 11.1 Å². The lowest BCUT2D eigenvalue weighted by Gasteiger charge is -2.39. The number of carbonyl (C=O) groups is 1. The average molecular weight is 283 g/mol. The number of carbonyl (C=O) groups excluding carboxylic acids is 1. The minimum absolute atomic E-state index is 0.0409. The van der Waals surface area contributed by atoms with Crippen LogP contribution in [0.25, 0.3) is 0 Å². The molecule has 1 aliphatic carbocycles. The second kappa shape index (κ2) is 8.63. The van der Waals surface area contributed by atoms with Crippen molar-refractivity contribution in [3.05, 3.63) is 0 Å². The maximum absolute atomic E-state index is 12.2. The van der Waals surface area contributed by atoms with Crippen molar-refractivity contribution in [2.75, 3.05) is 20.1 Å². The molecule has 0 aromatic carbocycles. The van der Waals surface area contributed by atoms with Crippen LogP contribution in [-0.2, 0) is 4.79 Å². The minimum Gasteiger partial charge on any atom is -0.352 e. The molecule has 1 fully saturated rings. The molecule has 0 spiro atoms. The third kappa shape index (κ3) is 4.74. The Hall–Kier alpha value is -0.610. The van der Waals surface area contributed by atoms with Crippen LogP contribution in [0.15, 0.2) is 0 Å². The van der Waals surface area contributed by atoms with Gasteiger partial charge in [0.15, 0.2) is 0 Å². The largest absolute Gasteiger partial charge is 0.352 e. The van der Waals surface area contributed by atoms with Crippen LogP contribution in [0.1, 0.15) is 65.2 Å². The summed E-state index contributed by atoms with van der Waals surface area (Å²) in [5, 5.41) is 3.21. The number of hydrogen-bond acceptors (Lipinski definition) is 3. The highest BCUT2D eigenvalue weighted by atomic mass is 16.2. The molecule has 0 saturated heterocycles. The number of hydrogen-bond donors (Lipinski definition) is 2. The van der Waals surface area contributed by atoms with Gasteiger partial charge >= 0.3 is 0 Å². The van der Waals surface area contributed by atoms with E-state index in [-0.39, 0.29) is 11.4 Å². The first-order chi connectivity index (χ1) is 9.57. The van der Waals surface area contributed by atoms with Crippen LogP contribution in [0.5, 0.6) is 0 Å². The lowest BCUT2D eigenvalue weighted by Crippen LogP contribution is -2.54. The zero-order chi connectivity index (χ0) is 15.0. The van der Waals surface area contributed by atoms with Gasteiger partial charge in [0.2, 0.25) is 5.91 Å². The predicted molar refractivity (Wildman–Crippen MR) is 84.6 cm³/mol. The van der Waals surface area contributed by atoms with Gasteiger partial charge in [-0.3, -0.25) is 9.69 Å². The average Bonchev–Trinajstić information content (AvgIpc) is 2.70. The molecule has 0 aromatic heterocycles. The predicted octanol–water partition coefficient (Wildman–Crippen LogP) is 2.27. The molecule has 0 aliphatic heterocycles. The summed E-state index contributed by atoms with van der Waals surface area (Å²) >= 11 is 0. The van der Waals surface area contributed by atoms with E-state index in [0.717, 1.165) is 25.7 Å². The number of rotatable bonds is 7. The van der Waals surface area contributed by atoms with E-state index in [1.807, 2.05) is 7.05 Å². The summed E-state index contributed by atoms with van der Waals surface area (Å²) in [7, 11) is 2.02. The van der Waals surface area contributed by atoms with E-state index in [0.29, 0.717) is 19.1 Å². The molecule has 0 atom stereocenters. The van der Waals surface area contributed by atoms with Crippen LogP contribution in [0.4, 0.5) is 0 Å². The van der Waals surface area contributed by atoms with Crippen LogP contribution in [0.2, 0.25) is 0 Å². The smallest absolute Gasteiger partial charge is 0.234 e. The first-order valence-electron chi connectivity index (χ1n) is 8.28. The topological polar surface area (TPSA) is 58.4 Å². The van der Waals surface area contributed by atoms with Gasteiger partial charge in [-0.05, 0) is 32.7 Å². The Morgan fingerprint density at radius 1 is 1.20 bits per heavy atom. The lowest BCUT2D eigenvalue weighted by atomic mass is 9.91. The Kier molecular flexibility index (Phi) is 7.52. The number of likely N-dealkylation sites (N-methyl/N-ethyl adjacent to an activating group) is 1.